The van der Waals surface area contributed by atoms with Gasteiger partial charge < -0.3 is 14.4 Å². The first-order valence-corrected chi connectivity index (χ1v) is 10.0. The number of hydrogen-bond donors (Lipinski definition) is 0. The Morgan fingerprint density at radius 2 is 1.80 bits per heavy atom. The summed E-state index contributed by atoms with van der Waals surface area (Å²) in [4.78, 5) is 19.1. The molecule has 1 amide bonds. The van der Waals surface area contributed by atoms with Gasteiger partial charge in [0.15, 0.2) is 11.5 Å². The van der Waals surface area contributed by atoms with Crippen LogP contribution in [0.15, 0.2) is 54.7 Å². The van der Waals surface area contributed by atoms with Gasteiger partial charge in [-0.15, -0.1) is 0 Å². The van der Waals surface area contributed by atoms with Crippen molar-refractivity contribution in [1.29, 1.82) is 0 Å². The third kappa shape index (κ3) is 4.40. The number of hydrogen-bond acceptors (Lipinski definition) is 6. The average molecular weight is 404 g/mol. The fourth-order valence-electron chi connectivity index (χ4n) is 3.56. The average Bonchev–Trinajstić information content (AvgIpc) is 2.80. The van der Waals surface area contributed by atoms with Crippen LogP contribution in [0, 0.1) is 6.92 Å². The van der Waals surface area contributed by atoms with E-state index < -0.39 is 0 Å². The summed E-state index contributed by atoms with van der Waals surface area (Å²) in [5.41, 5.74) is 2.25. The minimum atomic E-state index is -0.104. The summed E-state index contributed by atoms with van der Waals surface area (Å²) < 4.78 is 11.3. The topological polar surface area (TPSA) is 77.4 Å². The van der Waals surface area contributed by atoms with Crippen molar-refractivity contribution in [2.24, 2.45) is 0 Å². The Labute approximate surface area is 175 Å². The van der Waals surface area contributed by atoms with E-state index in [4.69, 9.17) is 9.47 Å². The predicted molar refractivity (Wildman–Crippen MR) is 112 cm³/mol. The lowest BCUT2D eigenvalue weighted by Gasteiger charge is -2.31. The highest BCUT2D eigenvalue weighted by Crippen LogP contribution is 2.32. The Morgan fingerprint density at radius 3 is 2.47 bits per heavy atom. The molecule has 0 radical (unpaired) electrons. The molecule has 0 N–H and O–H groups in total. The van der Waals surface area contributed by atoms with Gasteiger partial charge in [0.05, 0.1) is 24.7 Å². The second-order valence-corrected chi connectivity index (χ2v) is 7.30. The minimum absolute atomic E-state index is 0.104. The molecule has 154 valence electrons. The van der Waals surface area contributed by atoms with E-state index in [1.165, 1.54) is 6.20 Å². The van der Waals surface area contributed by atoms with Crippen LogP contribution in [0.2, 0.25) is 0 Å². The van der Waals surface area contributed by atoms with E-state index in [0.717, 1.165) is 24.2 Å². The van der Waals surface area contributed by atoms with Crippen LogP contribution >= 0.6 is 0 Å². The molecule has 1 fully saturated rings. The van der Waals surface area contributed by atoms with Crippen molar-refractivity contribution >= 4 is 5.91 Å². The molecule has 1 aliphatic heterocycles. The number of likely N-dealkylation sites (tertiary alicyclic amines) is 1. The Balaban J connectivity index is 1.42. The SMILES string of the molecule is COc1cc(C(=O)N2CCC(c3ccc(C)nn3)CC2)ncc1Oc1ccccc1. The molecule has 0 atom stereocenters. The van der Waals surface area contributed by atoms with Crippen molar-refractivity contribution in [3.63, 3.8) is 0 Å². The van der Waals surface area contributed by atoms with Crippen LogP contribution in [0.3, 0.4) is 0 Å². The number of piperidine rings is 1. The highest BCUT2D eigenvalue weighted by atomic mass is 16.5. The molecule has 0 saturated carbocycles. The van der Waals surface area contributed by atoms with Crippen LogP contribution in [0.1, 0.15) is 40.6 Å². The molecule has 0 spiro atoms. The number of para-hydroxylation sites is 1. The Morgan fingerprint density at radius 1 is 1.03 bits per heavy atom. The summed E-state index contributed by atoms with van der Waals surface area (Å²) in [5.74, 6) is 1.84. The maximum atomic E-state index is 13.0. The molecule has 1 aromatic carbocycles. The molecule has 7 heteroatoms. The number of amides is 1. The van der Waals surface area contributed by atoms with Gasteiger partial charge >= 0.3 is 0 Å². The van der Waals surface area contributed by atoms with Gasteiger partial charge in [0.2, 0.25) is 0 Å². The molecule has 0 bridgehead atoms. The number of methoxy groups -OCH3 is 1. The highest BCUT2D eigenvalue weighted by Gasteiger charge is 2.27. The van der Waals surface area contributed by atoms with Crippen molar-refractivity contribution < 1.29 is 14.3 Å². The number of carbonyl (C=O) groups is 1. The molecule has 7 nitrogen and oxygen atoms in total. The fraction of sp³-hybridized carbons (Fsp3) is 0.304. The molecule has 1 saturated heterocycles. The maximum absolute atomic E-state index is 13.0. The number of nitrogens with zero attached hydrogens (tertiary/aromatic N) is 4. The van der Waals surface area contributed by atoms with Crippen LogP contribution in [-0.4, -0.2) is 46.2 Å². The number of rotatable bonds is 5. The smallest absolute Gasteiger partial charge is 0.272 e. The lowest BCUT2D eigenvalue weighted by atomic mass is 9.93. The van der Waals surface area contributed by atoms with Gasteiger partial charge in [0, 0.05) is 25.1 Å². The van der Waals surface area contributed by atoms with Gasteiger partial charge in [-0.3, -0.25) is 4.79 Å². The first kappa shape index (κ1) is 19.8. The molecular weight excluding hydrogens is 380 g/mol. The van der Waals surface area contributed by atoms with Crippen molar-refractivity contribution in [2.75, 3.05) is 20.2 Å². The molecule has 30 heavy (non-hydrogen) atoms. The maximum Gasteiger partial charge on any atom is 0.272 e. The van der Waals surface area contributed by atoms with Crippen LogP contribution in [-0.2, 0) is 0 Å². The van der Waals surface area contributed by atoms with E-state index in [2.05, 4.69) is 15.2 Å². The van der Waals surface area contributed by atoms with Gasteiger partial charge in [-0.2, -0.15) is 10.2 Å². The Kier molecular flexibility index (Phi) is 5.88. The van der Waals surface area contributed by atoms with Gasteiger partial charge in [-0.1, -0.05) is 18.2 Å². The Hall–Kier alpha value is -3.48. The molecule has 2 aromatic heterocycles. The summed E-state index contributed by atoms with van der Waals surface area (Å²) in [5, 5.41) is 8.45. The Bertz CT molecular complexity index is 1000. The number of aromatic nitrogens is 3. The highest BCUT2D eigenvalue weighted by molar-refractivity contribution is 5.93. The standard InChI is InChI=1S/C23H24N4O3/c1-16-8-9-19(26-25-16)17-10-12-27(13-11-17)23(28)20-14-21(29-2)22(15-24-20)30-18-6-4-3-5-7-18/h3-9,14-15,17H,10-13H2,1-2H3. The summed E-state index contributed by atoms with van der Waals surface area (Å²) >= 11 is 0. The van der Waals surface area contributed by atoms with Gasteiger partial charge in [0.25, 0.3) is 5.91 Å². The largest absolute Gasteiger partial charge is 0.493 e. The zero-order valence-electron chi connectivity index (χ0n) is 17.1. The summed E-state index contributed by atoms with van der Waals surface area (Å²) in [6.07, 6.45) is 3.25. The zero-order valence-corrected chi connectivity index (χ0v) is 17.1. The number of aryl methyl sites for hydroxylation is 1. The van der Waals surface area contributed by atoms with Crippen LogP contribution in [0.4, 0.5) is 0 Å². The molecule has 3 aromatic rings. The monoisotopic (exact) mass is 404 g/mol. The lowest BCUT2D eigenvalue weighted by molar-refractivity contribution is 0.0705. The van der Waals surface area contributed by atoms with Gasteiger partial charge in [-0.25, -0.2) is 4.98 Å². The third-order valence-corrected chi connectivity index (χ3v) is 5.26. The first-order chi connectivity index (χ1) is 14.6. The molecule has 1 aliphatic rings. The van der Waals surface area contributed by atoms with Crippen LogP contribution in [0.25, 0.3) is 0 Å². The van der Waals surface area contributed by atoms with Gasteiger partial charge in [0.1, 0.15) is 11.4 Å². The van der Waals surface area contributed by atoms with E-state index in [1.54, 1.807) is 13.2 Å². The van der Waals surface area contributed by atoms with E-state index >= 15 is 0 Å². The normalized spacial score (nSPS) is 14.4. The molecule has 0 aliphatic carbocycles. The zero-order chi connectivity index (χ0) is 20.9. The second-order valence-electron chi connectivity index (χ2n) is 7.30. The summed E-state index contributed by atoms with van der Waals surface area (Å²) in [6.45, 7) is 3.24. The molecular formula is C23H24N4O3. The first-order valence-electron chi connectivity index (χ1n) is 10.0. The van der Waals surface area contributed by atoms with Crippen LogP contribution < -0.4 is 9.47 Å². The summed E-state index contributed by atoms with van der Waals surface area (Å²) in [6, 6.07) is 15.0. The van der Waals surface area contributed by atoms with E-state index in [0.29, 0.717) is 41.9 Å². The lowest BCUT2D eigenvalue weighted by Crippen LogP contribution is -2.38. The number of carbonyl (C=O) groups excluding carboxylic acids is 1. The van der Waals surface area contributed by atoms with E-state index in [9.17, 15) is 4.79 Å². The van der Waals surface area contributed by atoms with Gasteiger partial charge in [-0.05, 0) is 44.0 Å². The number of pyridine rings is 1. The molecule has 4 rings (SSSR count). The summed E-state index contributed by atoms with van der Waals surface area (Å²) in [7, 11) is 1.55. The minimum Gasteiger partial charge on any atom is -0.493 e. The van der Waals surface area contributed by atoms with E-state index in [1.807, 2.05) is 54.3 Å². The quantitative estimate of drug-likeness (QED) is 0.640. The van der Waals surface area contributed by atoms with Crippen LogP contribution in [0.5, 0.6) is 17.2 Å². The molecule has 0 unspecified atom stereocenters. The van der Waals surface area contributed by atoms with Crippen molar-refractivity contribution in [3.8, 4) is 17.2 Å². The fourth-order valence-corrected chi connectivity index (χ4v) is 3.56. The number of benzene rings is 1. The van der Waals surface area contributed by atoms with Crippen molar-refractivity contribution in [2.45, 2.75) is 25.7 Å². The third-order valence-electron chi connectivity index (χ3n) is 5.26. The number of ether oxygens (including phenoxy) is 2. The van der Waals surface area contributed by atoms with Crippen molar-refractivity contribution in [3.05, 3.63) is 71.8 Å². The predicted octanol–water partition coefficient (Wildman–Crippen LogP) is 4.00. The van der Waals surface area contributed by atoms with Crippen molar-refractivity contribution in [1.82, 2.24) is 20.1 Å². The second kappa shape index (κ2) is 8.90. The van der Waals surface area contributed by atoms with E-state index in [-0.39, 0.29) is 5.91 Å². The molecule has 3 heterocycles.